The number of carbonyl (C=O) groups is 1. The third kappa shape index (κ3) is 4.41. The Bertz CT molecular complexity index is 1290. The number of hydrogen-bond donors (Lipinski definition) is 2. The van der Waals surface area contributed by atoms with E-state index in [1.54, 1.807) is 12.1 Å². The van der Waals surface area contributed by atoms with E-state index in [9.17, 15) is 9.18 Å². The van der Waals surface area contributed by atoms with Gasteiger partial charge in [-0.2, -0.15) is 0 Å². The van der Waals surface area contributed by atoms with Gasteiger partial charge >= 0.3 is 0 Å². The third-order valence-corrected chi connectivity index (χ3v) is 7.15. The fourth-order valence-corrected chi connectivity index (χ4v) is 5.21. The standard InChI is InChI=1S/C28H32FN5O2/c1-17(2)25(24-16-18(3)32-36-24)27(35)34-15-7-10-23(34)26-30-28(4,33-31-26)20-13-11-19(12-14-20)21-8-5-6-9-22(21)29/h5-6,8-9,11-14,16-17,23,25,33H,7,10,15H2,1-4H3,(H,30,31). The lowest BCUT2D eigenvalue weighted by Crippen LogP contribution is -2.49. The van der Waals surface area contributed by atoms with E-state index in [0.717, 1.165) is 35.5 Å². The Labute approximate surface area is 210 Å². The summed E-state index contributed by atoms with van der Waals surface area (Å²) >= 11 is 0. The van der Waals surface area contributed by atoms with E-state index in [2.05, 4.69) is 16.0 Å². The van der Waals surface area contributed by atoms with Crippen LogP contribution in [-0.4, -0.2) is 34.4 Å². The number of nitrogens with one attached hydrogen (secondary N) is 2. The molecule has 0 radical (unpaired) electrons. The molecule has 1 amide bonds. The second-order valence-corrected chi connectivity index (χ2v) is 10.2. The van der Waals surface area contributed by atoms with Crippen molar-refractivity contribution in [2.24, 2.45) is 10.9 Å². The first-order valence-electron chi connectivity index (χ1n) is 12.5. The minimum atomic E-state index is -0.708. The molecule has 2 N–H and O–H groups in total. The Morgan fingerprint density at radius 2 is 1.94 bits per heavy atom. The highest BCUT2D eigenvalue weighted by atomic mass is 19.1. The molecule has 3 aromatic rings. The van der Waals surface area contributed by atoms with Crippen molar-refractivity contribution >= 4 is 11.7 Å². The van der Waals surface area contributed by atoms with Crippen LogP contribution < -0.4 is 10.9 Å². The molecular formula is C28H32FN5O2. The van der Waals surface area contributed by atoms with Crippen molar-refractivity contribution in [2.45, 2.75) is 58.2 Å². The zero-order valence-electron chi connectivity index (χ0n) is 21.1. The average Bonchev–Trinajstić information content (AvgIpc) is 3.60. The lowest BCUT2D eigenvalue weighted by molar-refractivity contribution is -0.134. The quantitative estimate of drug-likeness (QED) is 0.515. The van der Waals surface area contributed by atoms with Crippen LogP contribution in [0.25, 0.3) is 11.1 Å². The van der Waals surface area contributed by atoms with Gasteiger partial charge in [0.15, 0.2) is 5.66 Å². The van der Waals surface area contributed by atoms with Crippen LogP contribution in [-0.2, 0) is 10.5 Å². The van der Waals surface area contributed by atoms with Gasteiger partial charge in [-0.05, 0) is 49.8 Å². The van der Waals surface area contributed by atoms with E-state index < -0.39 is 5.66 Å². The van der Waals surface area contributed by atoms with Gasteiger partial charge in [0.25, 0.3) is 0 Å². The number of halogens is 1. The van der Waals surface area contributed by atoms with Crippen LogP contribution in [0.15, 0.2) is 64.1 Å². The van der Waals surface area contributed by atoms with Crippen LogP contribution in [0.5, 0.6) is 0 Å². The van der Waals surface area contributed by atoms with Crippen molar-refractivity contribution in [1.29, 1.82) is 0 Å². The molecule has 7 nitrogen and oxygen atoms in total. The first-order chi connectivity index (χ1) is 17.3. The van der Waals surface area contributed by atoms with Gasteiger partial charge in [0, 0.05) is 18.2 Å². The summed E-state index contributed by atoms with van der Waals surface area (Å²) in [7, 11) is 0. The molecule has 1 saturated heterocycles. The largest absolute Gasteiger partial charge is 0.360 e. The van der Waals surface area contributed by atoms with Crippen LogP contribution in [0, 0.1) is 18.7 Å². The lowest BCUT2D eigenvalue weighted by Gasteiger charge is -2.29. The maximum Gasteiger partial charge on any atom is 0.234 e. The fraction of sp³-hybridized carbons (Fsp3) is 0.393. The summed E-state index contributed by atoms with van der Waals surface area (Å²) in [4.78, 5) is 20.6. The SMILES string of the molecule is Cc1cc(C(C(=O)N2CCCC2C2=NC(C)(c3ccc(-c4ccccc4F)cc3)NN2)C(C)C)on1. The second kappa shape index (κ2) is 9.50. The minimum absolute atomic E-state index is 0.0380. The van der Waals surface area contributed by atoms with E-state index in [1.165, 1.54) is 6.07 Å². The number of amides is 1. The summed E-state index contributed by atoms with van der Waals surface area (Å²) in [5.41, 5.74) is 8.93. The summed E-state index contributed by atoms with van der Waals surface area (Å²) < 4.78 is 19.7. The Morgan fingerprint density at radius 1 is 1.19 bits per heavy atom. The van der Waals surface area contributed by atoms with Crippen molar-refractivity contribution in [3.8, 4) is 11.1 Å². The zero-order chi connectivity index (χ0) is 25.4. The van der Waals surface area contributed by atoms with Crippen molar-refractivity contribution in [2.75, 3.05) is 6.54 Å². The first kappa shape index (κ1) is 24.2. The van der Waals surface area contributed by atoms with Gasteiger partial charge in [0.2, 0.25) is 5.91 Å². The molecule has 1 fully saturated rings. The molecule has 2 aromatic carbocycles. The summed E-state index contributed by atoms with van der Waals surface area (Å²) in [5, 5.41) is 4.00. The lowest BCUT2D eigenvalue weighted by atomic mass is 9.91. The summed E-state index contributed by atoms with van der Waals surface area (Å²) in [6.45, 7) is 8.58. The predicted molar refractivity (Wildman–Crippen MR) is 136 cm³/mol. The molecule has 188 valence electrons. The number of aliphatic imine (C=N–C) groups is 1. The van der Waals surface area contributed by atoms with Gasteiger partial charge in [-0.3, -0.25) is 4.79 Å². The normalized spacial score (nSPS) is 22.6. The molecule has 2 aliphatic rings. The van der Waals surface area contributed by atoms with Crippen LogP contribution in [0.2, 0.25) is 0 Å². The summed E-state index contributed by atoms with van der Waals surface area (Å²) in [6, 6.07) is 16.2. The van der Waals surface area contributed by atoms with Gasteiger partial charge in [0.1, 0.15) is 23.3 Å². The number of amidine groups is 1. The average molecular weight is 490 g/mol. The van der Waals surface area contributed by atoms with Crippen molar-refractivity contribution in [3.63, 3.8) is 0 Å². The number of benzene rings is 2. The van der Waals surface area contributed by atoms with Gasteiger partial charge < -0.3 is 14.8 Å². The van der Waals surface area contributed by atoms with Gasteiger partial charge in [0.05, 0.1) is 11.7 Å². The van der Waals surface area contributed by atoms with E-state index in [1.807, 2.05) is 69.0 Å². The molecule has 3 atom stereocenters. The van der Waals surface area contributed by atoms with Gasteiger partial charge in [-0.25, -0.2) is 14.8 Å². The number of aryl methyl sites for hydroxylation is 1. The molecule has 36 heavy (non-hydrogen) atoms. The molecule has 0 spiro atoms. The molecule has 0 bridgehead atoms. The molecule has 0 aliphatic carbocycles. The van der Waals surface area contributed by atoms with Crippen LogP contribution in [0.1, 0.15) is 56.5 Å². The number of aromatic nitrogens is 1. The Hall–Kier alpha value is -3.52. The highest BCUT2D eigenvalue weighted by Crippen LogP contribution is 2.34. The van der Waals surface area contributed by atoms with E-state index in [4.69, 9.17) is 9.52 Å². The molecule has 3 heterocycles. The molecule has 1 aromatic heterocycles. The number of nitrogens with zero attached hydrogens (tertiary/aromatic N) is 3. The second-order valence-electron chi connectivity index (χ2n) is 10.2. The first-order valence-corrected chi connectivity index (χ1v) is 12.5. The summed E-state index contributed by atoms with van der Waals surface area (Å²) in [5.74, 6) is 0.828. The fourth-order valence-electron chi connectivity index (χ4n) is 5.21. The monoisotopic (exact) mass is 489 g/mol. The maximum atomic E-state index is 14.2. The topological polar surface area (TPSA) is 82.8 Å². The van der Waals surface area contributed by atoms with Crippen LogP contribution in [0.3, 0.4) is 0 Å². The smallest absolute Gasteiger partial charge is 0.234 e. The summed E-state index contributed by atoms with van der Waals surface area (Å²) in [6.07, 6.45) is 1.74. The number of hydrogen-bond acceptors (Lipinski definition) is 6. The molecule has 2 aliphatic heterocycles. The van der Waals surface area contributed by atoms with Crippen molar-refractivity contribution < 1.29 is 13.7 Å². The third-order valence-electron chi connectivity index (χ3n) is 7.15. The van der Waals surface area contributed by atoms with E-state index in [-0.39, 0.29) is 29.6 Å². The molecule has 8 heteroatoms. The van der Waals surface area contributed by atoms with Crippen molar-refractivity contribution in [1.82, 2.24) is 20.9 Å². The van der Waals surface area contributed by atoms with Crippen LogP contribution in [0.4, 0.5) is 4.39 Å². The van der Waals surface area contributed by atoms with Crippen LogP contribution >= 0.6 is 0 Å². The predicted octanol–water partition coefficient (Wildman–Crippen LogP) is 4.90. The van der Waals surface area contributed by atoms with E-state index >= 15 is 0 Å². The maximum absolute atomic E-state index is 14.2. The molecule has 3 unspecified atom stereocenters. The molecule has 0 saturated carbocycles. The van der Waals surface area contributed by atoms with Crippen molar-refractivity contribution in [3.05, 3.63) is 77.4 Å². The number of hydrazine groups is 1. The zero-order valence-corrected chi connectivity index (χ0v) is 21.1. The highest BCUT2D eigenvalue weighted by Gasteiger charge is 2.42. The Morgan fingerprint density at radius 3 is 2.61 bits per heavy atom. The number of likely N-dealkylation sites (tertiary alicyclic amines) is 1. The number of carbonyl (C=O) groups excluding carboxylic acids is 1. The minimum Gasteiger partial charge on any atom is -0.360 e. The Balaban J connectivity index is 1.37. The Kier molecular flexibility index (Phi) is 6.38. The van der Waals surface area contributed by atoms with E-state index in [0.29, 0.717) is 17.9 Å². The highest BCUT2D eigenvalue weighted by molar-refractivity contribution is 5.94. The molecular weight excluding hydrogens is 457 g/mol. The van der Waals surface area contributed by atoms with Gasteiger partial charge in [-0.1, -0.05) is 61.5 Å². The number of rotatable bonds is 6. The molecule has 5 rings (SSSR count). The van der Waals surface area contributed by atoms with Gasteiger partial charge in [-0.15, -0.1) is 0 Å².